The SMILES string of the molecule is CC1=CCC(CCN=C=O)C1(C)C. The van der Waals surface area contributed by atoms with Crippen molar-refractivity contribution in [3.8, 4) is 0 Å². The summed E-state index contributed by atoms with van der Waals surface area (Å²) in [6.07, 6.45) is 6.02. The maximum atomic E-state index is 9.90. The Bertz CT molecular complexity index is 259. The smallest absolute Gasteiger partial charge is 0.211 e. The summed E-state index contributed by atoms with van der Waals surface area (Å²) in [6, 6.07) is 0. The Morgan fingerprint density at radius 2 is 2.38 bits per heavy atom. The minimum atomic E-state index is 0.290. The van der Waals surface area contributed by atoms with Crippen LogP contribution in [0.4, 0.5) is 0 Å². The van der Waals surface area contributed by atoms with Gasteiger partial charge in [0.05, 0.1) is 6.54 Å². The molecule has 72 valence electrons. The van der Waals surface area contributed by atoms with Gasteiger partial charge in [0.25, 0.3) is 0 Å². The van der Waals surface area contributed by atoms with Gasteiger partial charge in [0.2, 0.25) is 6.08 Å². The van der Waals surface area contributed by atoms with Crippen LogP contribution in [0.3, 0.4) is 0 Å². The fraction of sp³-hybridized carbons (Fsp3) is 0.727. The van der Waals surface area contributed by atoms with E-state index in [4.69, 9.17) is 0 Å². The summed E-state index contributed by atoms with van der Waals surface area (Å²) >= 11 is 0. The summed E-state index contributed by atoms with van der Waals surface area (Å²) in [5.41, 5.74) is 1.76. The molecule has 0 aromatic heterocycles. The van der Waals surface area contributed by atoms with Crippen molar-refractivity contribution in [1.29, 1.82) is 0 Å². The van der Waals surface area contributed by atoms with Crippen LogP contribution in [0.2, 0.25) is 0 Å². The second-order valence-corrected chi connectivity index (χ2v) is 4.30. The third-order valence-corrected chi connectivity index (χ3v) is 3.40. The van der Waals surface area contributed by atoms with Crippen LogP contribution in [0, 0.1) is 11.3 Å². The molecular weight excluding hydrogens is 162 g/mol. The first-order chi connectivity index (χ1) is 6.09. The molecule has 0 saturated heterocycles. The molecule has 0 N–H and O–H groups in total. The summed E-state index contributed by atoms with van der Waals surface area (Å²) < 4.78 is 0. The van der Waals surface area contributed by atoms with Gasteiger partial charge in [-0.2, -0.15) is 0 Å². The molecule has 0 aromatic carbocycles. The average molecular weight is 179 g/mol. The lowest BCUT2D eigenvalue weighted by Gasteiger charge is -2.29. The molecule has 2 heteroatoms. The minimum absolute atomic E-state index is 0.290. The number of nitrogens with zero attached hydrogens (tertiary/aromatic N) is 1. The topological polar surface area (TPSA) is 29.4 Å². The lowest BCUT2D eigenvalue weighted by molar-refractivity contribution is 0.279. The highest BCUT2D eigenvalue weighted by Crippen LogP contribution is 2.44. The highest BCUT2D eigenvalue weighted by Gasteiger charge is 2.34. The van der Waals surface area contributed by atoms with Gasteiger partial charge in [-0.25, -0.2) is 9.79 Å². The van der Waals surface area contributed by atoms with Crippen molar-refractivity contribution < 1.29 is 4.79 Å². The van der Waals surface area contributed by atoms with E-state index in [1.54, 1.807) is 6.08 Å². The van der Waals surface area contributed by atoms with Crippen molar-refractivity contribution >= 4 is 6.08 Å². The maximum absolute atomic E-state index is 9.90. The Hall–Kier alpha value is -0.880. The van der Waals surface area contributed by atoms with Crippen molar-refractivity contribution in [2.24, 2.45) is 16.3 Å². The Morgan fingerprint density at radius 1 is 1.69 bits per heavy atom. The molecule has 1 unspecified atom stereocenters. The first-order valence-electron chi connectivity index (χ1n) is 4.80. The molecule has 0 spiro atoms. The number of rotatable bonds is 3. The van der Waals surface area contributed by atoms with E-state index in [9.17, 15) is 4.79 Å². The summed E-state index contributed by atoms with van der Waals surface area (Å²) in [5, 5.41) is 0. The van der Waals surface area contributed by atoms with E-state index in [-0.39, 0.29) is 0 Å². The standard InChI is InChI=1S/C11H17NO/c1-9-4-5-10(11(9,2)3)6-7-12-8-13/h4,10H,5-7H2,1-3H3. The molecule has 0 aromatic rings. The molecule has 0 fully saturated rings. The second-order valence-electron chi connectivity index (χ2n) is 4.30. The monoisotopic (exact) mass is 179 g/mol. The second kappa shape index (κ2) is 3.89. The van der Waals surface area contributed by atoms with Crippen LogP contribution < -0.4 is 0 Å². The molecule has 0 saturated carbocycles. The van der Waals surface area contributed by atoms with Gasteiger partial charge < -0.3 is 0 Å². The van der Waals surface area contributed by atoms with Crippen molar-refractivity contribution in [1.82, 2.24) is 0 Å². The number of isocyanates is 1. The molecule has 1 aliphatic carbocycles. The predicted octanol–water partition coefficient (Wildman–Crippen LogP) is 2.70. The Morgan fingerprint density at radius 3 is 2.85 bits per heavy atom. The first-order valence-corrected chi connectivity index (χ1v) is 4.80. The highest BCUT2D eigenvalue weighted by molar-refractivity contribution is 5.32. The molecule has 0 heterocycles. The molecule has 13 heavy (non-hydrogen) atoms. The number of hydrogen-bond acceptors (Lipinski definition) is 2. The van der Waals surface area contributed by atoms with Gasteiger partial charge in [-0.15, -0.1) is 0 Å². The number of hydrogen-bond donors (Lipinski definition) is 0. The van der Waals surface area contributed by atoms with Crippen molar-refractivity contribution in [2.75, 3.05) is 6.54 Å². The van der Waals surface area contributed by atoms with Crippen LogP contribution in [0.15, 0.2) is 16.6 Å². The van der Waals surface area contributed by atoms with E-state index in [2.05, 4.69) is 31.8 Å². The molecule has 1 aliphatic rings. The Labute approximate surface area is 79.8 Å². The lowest BCUT2D eigenvalue weighted by atomic mass is 9.76. The molecule has 0 radical (unpaired) electrons. The zero-order chi connectivity index (χ0) is 9.90. The van der Waals surface area contributed by atoms with Gasteiger partial charge >= 0.3 is 0 Å². The number of carbonyl (C=O) groups excluding carboxylic acids is 1. The molecule has 0 aliphatic heterocycles. The molecule has 1 atom stereocenters. The fourth-order valence-corrected chi connectivity index (χ4v) is 1.94. The zero-order valence-electron chi connectivity index (χ0n) is 8.63. The van der Waals surface area contributed by atoms with E-state index in [1.807, 2.05) is 0 Å². The van der Waals surface area contributed by atoms with Gasteiger partial charge in [0.1, 0.15) is 0 Å². The maximum Gasteiger partial charge on any atom is 0.234 e. The summed E-state index contributed by atoms with van der Waals surface area (Å²) in [4.78, 5) is 13.5. The highest BCUT2D eigenvalue weighted by atomic mass is 16.1. The van der Waals surface area contributed by atoms with Crippen LogP contribution in [-0.4, -0.2) is 12.6 Å². The normalized spacial score (nSPS) is 25.2. The molecule has 0 bridgehead atoms. The summed E-state index contributed by atoms with van der Waals surface area (Å²) in [6.45, 7) is 7.34. The minimum Gasteiger partial charge on any atom is -0.211 e. The van der Waals surface area contributed by atoms with Crippen molar-refractivity contribution in [3.05, 3.63) is 11.6 Å². The van der Waals surface area contributed by atoms with E-state index >= 15 is 0 Å². The molecule has 2 nitrogen and oxygen atoms in total. The van der Waals surface area contributed by atoms with E-state index < -0.39 is 0 Å². The fourth-order valence-electron chi connectivity index (χ4n) is 1.94. The predicted molar refractivity (Wildman–Crippen MR) is 53.3 cm³/mol. The summed E-state index contributed by atoms with van der Waals surface area (Å²) in [5.74, 6) is 0.643. The van der Waals surface area contributed by atoms with Gasteiger partial charge in [-0.3, -0.25) is 0 Å². The van der Waals surface area contributed by atoms with Crippen LogP contribution >= 0.6 is 0 Å². The van der Waals surface area contributed by atoms with Crippen LogP contribution in [0.5, 0.6) is 0 Å². The van der Waals surface area contributed by atoms with Gasteiger partial charge in [-0.1, -0.05) is 25.5 Å². The Balaban J connectivity index is 2.51. The van der Waals surface area contributed by atoms with Crippen molar-refractivity contribution in [2.45, 2.75) is 33.6 Å². The molecular formula is C11H17NO. The molecule has 1 rings (SSSR count). The van der Waals surface area contributed by atoms with E-state index in [0.29, 0.717) is 17.9 Å². The van der Waals surface area contributed by atoms with Crippen LogP contribution in [0.25, 0.3) is 0 Å². The van der Waals surface area contributed by atoms with Crippen molar-refractivity contribution in [3.63, 3.8) is 0 Å². The van der Waals surface area contributed by atoms with Gasteiger partial charge in [0.15, 0.2) is 0 Å². The average Bonchev–Trinajstić information content (AvgIpc) is 2.32. The first kappa shape index (κ1) is 10.2. The number of allylic oxidation sites excluding steroid dienone is 2. The Kier molecular flexibility index (Phi) is 3.05. The summed E-state index contributed by atoms with van der Waals surface area (Å²) in [7, 11) is 0. The quantitative estimate of drug-likeness (QED) is 0.372. The van der Waals surface area contributed by atoms with Gasteiger partial charge in [-0.05, 0) is 31.1 Å². The van der Waals surface area contributed by atoms with Gasteiger partial charge in [0, 0.05) is 0 Å². The van der Waals surface area contributed by atoms with Crippen LogP contribution in [-0.2, 0) is 4.79 Å². The van der Waals surface area contributed by atoms with Crippen LogP contribution in [0.1, 0.15) is 33.6 Å². The lowest BCUT2D eigenvalue weighted by Crippen LogP contribution is -2.21. The largest absolute Gasteiger partial charge is 0.234 e. The number of aliphatic imine (C=N–C) groups is 1. The van der Waals surface area contributed by atoms with E-state index in [1.165, 1.54) is 5.57 Å². The third-order valence-electron chi connectivity index (χ3n) is 3.40. The zero-order valence-corrected chi connectivity index (χ0v) is 8.63. The third kappa shape index (κ3) is 2.07. The van der Waals surface area contributed by atoms with E-state index in [0.717, 1.165) is 12.8 Å². The molecule has 0 amide bonds.